The van der Waals surface area contributed by atoms with Crippen LogP contribution < -0.4 is 4.74 Å². The maximum Gasteiger partial charge on any atom is 0.345 e. The summed E-state index contributed by atoms with van der Waals surface area (Å²) < 4.78 is 5.17. The van der Waals surface area contributed by atoms with Gasteiger partial charge in [0.25, 0.3) is 0 Å². The highest BCUT2D eigenvalue weighted by molar-refractivity contribution is 6.41. The van der Waals surface area contributed by atoms with Gasteiger partial charge in [0.15, 0.2) is 5.78 Å². The lowest BCUT2D eigenvalue weighted by Crippen LogP contribution is -2.09. The molecule has 0 amide bonds. The molecule has 1 heterocycles. The van der Waals surface area contributed by atoms with Crippen LogP contribution in [0.25, 0.3) is 0 Å². The Balaban J connectivity index is 2.12. The molecule has 0 saturated carbocycles. The van der Waals surface area contributed by atoms with Crippen molar-refractivity contribution in [2.45, 2.75) is 13.3 Å². The largest absolute Gasteiger partial charge is 0.423 e. The number of nitrogens with zero attached hydrogens (tertiary/aromatic N) is 1. The molecule has 0 aliphatic heterocycles. The molecule has 0 saturated heterocycles. The van der Waals surface area contributed by atoms with Crippen molar-refractivity contribution in [1.29, 1.82) is 0 Å². The van der Waals surface area contributed by atoms with Crippen molar-refractivity contribution in [2.75, 3.05) is 0 Å². The molecule has 0 fully saturated rings. The van der Waals surface area contributed by atoms with E-state index in [1.165, 1.54) is 12.3 Å². The summed E-state index contributed by atoms with van der Waals surface area (Å²) in [5.41, 5.74) is 0.770. The van der Waals surface area contributed by atoms with Gasteiger partial charge in [-0.3, -0.25) is 4.79 Å². The normalized spacial score (nSPS) is 10.2. The van der Waals surface area contributed by atoms with Gasteiger partial charge in [-0.1, -0.05) is 30.1 Å². The average Bonchev–Trinajstić information content (AvgIpc) is 2.50. The van der Waals surface area contributed by atoms with Gasteiger partial charge in [0.05, 0.1) is 10.6 Å². The molecule has 6 heteroatoms. The van der Waals surface area contributed by atoms with Gasteiger partial charge in [0, 0.05) is 18.2 Å². The van der Waals surface area contributed by atoms with Crippen molar-refractivity contribution in [3.63, 3.8) is 0 Å². The topological polar surface area (TPSA) is 56.3 Å². The summed E-state index contributed by atoms with van der Waals surface area (Å²) in [6.45, 7) is 1.79. The molecule has 1 aromatic carbocycles. The zero-order chi connectivity index (χ0) is 15.4. The molecule has 2 aromatic rings. The van der Waals surface area contributed by atoms with E-state index in [0.29, 0.717) is 17.7 Å². The van der Waals surface area contributed by atoms with E-state index < -0.39 is 5.97 Å². The molecule has 0 N–H and O–H groups in total. The van der Waals surface area contributed by atoms with Gasteiger partial charge in [-0.05, 0) is 30.3 Å². The number of halogens is 2. The third-order valence-electron chi connectivity index (χ3n) is 2.74. The summed E-state index contributed by atoms with van der Waals surface area (Å²) in [4.78, 5) is 27.2. The summed E-state index contributed by atoms with van der Waals surface area (Å²) in [6, 6.07) is 7.73. The van der Waals surface area contributed by atoms with Crippen molar-refractivity contribution < 1.29 is 14.3 Å². The molecule has 0 bridgehead atoms. The van der Waals surface area contributed by atoms with Crippen molar-refractivity contribution >= 4 is 35.0 Å². The van der Waals surface area contributed by atoms with Crippen LogP contribution in [-0.4, -0.2) is 16.7 Å². The molecule has 21 heavy (non-hydrogen) atoms. The van der Waals surface area contributed by atoms with E-state index in [-0.39, 0.29) is 21.5 Å². The smallest absolute Gasteiger partial charge is 0.345 e. The van der Waals surface area contributed by atoms with E-state index in [0.717, 1.165) is 0 Å². The van der Waals surface area contributed by atoms with Crippen molar-refractivity contribution in [3.8, 4) is 5.75 Å². The standard InChI is InChI=1S/C15H11Cl2NO3/c1-2-13(19)9-3-5-11(6-4-9)21-15(20)10-7-12(16)14(17)18-8-10/h3-8H,2H2,1H3. The zero-order valence-electron chi connectivity index (χ0n) is 11.1. The van der Waals surface area contributed by atoms with Gasteiger partial charge in [-0.25, -0.2) is 9.78 Å². The van der Waals surface area contributed by atoms with E-state index in [1.807, 2.05) is 0 Å². The van der Waals surface area contributed by atoms with Crippen molar-refractivity contribution in [2.24, 2.45) is 0 Å². The van der Waals surface area contributed by atoms with Crippen LogP contribution in [0.1, 0.15) is 34.1 Å². The molecule has 0 spiro atoms. The molecule has 108 valence electrons. The Morgan fingerprint density at radius 1 is 1.14 bits per heavy atom. The molecule has 0 atom stereocenters. The van der Waals surface area contributed by atoms with Crippen LogP contribution >= 0.6 is 23.2 Å². The summed E-state index contributed by atoms with van der Waals surface area (Å²) in [5.74, 6) is -0.240. The molecule has 0 aliphatic carbocycles. The fourth-order valence-electron chi connectivity index (χ4n) is 1.61. The first-order valence-corrected chi connectivity index (χ1v) is 6.93. The number of esters is 1. The van der Waals surface area contributed by atoms with E-state index in [1.54, 1.807) is 31.2 Å². The number of benzene rings is 1. The number of carbonyl (C=O) groups excluding carboxylic acids is 2. The fourth-order valence-corrected chi connectivity index (χ4v) is 1.88. The lowest BCUT2D eigenvalue weighted by molar-refractivity contribution is 0.0734. The predicted octanol–water partition coefficient (Wildman–Crippen LogP) is 4.20. The van der Waals surface area contributed by atoms with Crippen LogP contribution in [0.4, 0.5) is 0 Å². The monoisotopic (exact) mass is 323 g/mol. The first-order chi connectivity index (χ1) is 10.0. The van der Waals surface area contributed by atoms with E-state index in [4.69, 9.17) is 27.9 Å². The second-order valence-electron chi connectivity index (χ2n) is 4.19. The Hall–Kier alpha value is -1.91. The Morgan fingerprint density at radius 2 is 1.81 bits per heavy atom. The minimum absolute atomic E-state index is 0.0292. The maximum atomic E-state index is 11.9. The highest BCUT2D eigenvalue weighted by Crippen LogP contribution is 2.21. The Bertz CT molecular complexity index is 684. The number of rotatable bonds is 4. The van der Waals surface area contributed by atoms with Crippen LogP contribution in [0.3, 0.4) is 0 Å². The van der Waals surface area contributed by atoms with Crippen LogP contribution in [0.5, 0.6) is 5.75 Å². The number of hydrogen-bond acceptors (Lipinski definition) is 4. The predicted molar refractivity (Wildman–Crippen MR) is 80.3 cm³/mol. The first kappa shape index (κ1) is 15.5. The zero-order valence-corrected chi connectivity index (χ0v) is 12.6. The number of ether oxygens (including phenoxy) is 1. The molecule has 0 radical (unpaired) electrons. The van der Waals surface area contributed by atoms with Gasteiger partial charge >= 0.3 is 5.97 Å². The van der Waals surface area contributed by atoms with Crippen LogP contribution in [0.15, 0.2) is 36.5 Å². The minimum Gasteiger partial charge on any atom is -0.423 e. The second kappa shape index (κ2) is 6.70. The van der Waals surface area contributed by atoms with E-state index in [9.17, 15) is 9.59 Å². The van der Waals surface area contributed by atoms with E-state index in [2.05, 4.69) is 4.98 Å². The maximum absolute atomic E-state index is 11.9. The average molecular weight is 324 g/mol. The number of ketones is 1. The van der Waals surface area contributed by atoms with Gasteiger partial charge in [0.1, 0.15) is 10.9 Å². The molecule has 1 aromatic heterocycles. The number of hydrogen-bond donors (Lipinski definition) is 0. The lowest BCUT2D eigenvalue weighted by Gasteiger charge is -2.05. The lowest BCUT2D eigenvalue weighted by atomic mass is 10.1. The van der Waals surface area contributed by atoms with Gasteiger partial charge in [0.2, 0.25) is 0 Å². The van der Waals surface area contributed by atoms with Crippen LogP contribution in [0, 0.1) is 0 Å². The minimum atomic E-state index is -0.601. The Morgan fingerprint density at radius 3 is 2.38 bits per heavy atom. The van der Waals surface area contributed by atoms with Crippen LogP contribution in [-0.2, 0) is 0 Å². The number of Topliss-reactive ketones (excluding diaryl/α,β-unsaturated/α-hetero) is 1. The number of aromatic nitrogens is 1. The third kappa shape index (κ3) is 3.80. The quantitative estimate of drug-likeness (QED) is 0.366. The summed E-state index contributed by atoms with van der Waals surface area (Å²) in [7, 11) is 0. The molecule has 4 nitrogen and oxygen atoms in total. The fraction of sp³-hybridized carbons (Fsp3) is 0.133. The number of pyridine rings is 1. The Labute approximate surface area is 131 Å². The third-order valence-corrected chi connectivity index (χ3v) is 3.43. The SMILES string of the molecule is CCC(=O)c1ccc(OC(=O)c2cnc(Cl)c(Cl)c2)cc1. The summed E-state index contributed by atoms with van der Waals surface area (Å²) >= 11 is 11.5. The van der Waals surface area contributed by atoms with Gasteiger partial charge in [-0.2, -0.15) is 0 Å². The molecule has 0 unspecified atom stereocenters. The molecular formula is C15H11Cl2NO3. The highest BCUT2D eigenvalue weighted by Gasteiger charge is 2.12. The first-order valence-electron chi connectivity index (χ1n) is 6.17. The Kier molecular flexibility index (Phi) is 4.94. The van der Waals surface area contributed by atoms with Crippen LogP contribution in [0.2, 0.25) is 10.2 Å². The van der Waals surface area contributed by atoms with Crippen molar-refractivity contribution in [3.05, 3.63) is 57.8 Å². The molecular weight excluding hydrogens is 313 g/mol. The highest BCUT2D eigenvalue weighted by atomic mass is 35.5. The second-order valence-corrected chi connectivity index (χ2v) is 4.95. The van der Waals surface area contributed by atoms with Gasteiger partial charge < -0.3 is 4.74 Å². The number of carbonyl (C=O) groups is 2. The molecule has 2 rings (SSSR count). The molecule has 0 aliphatic rings. The van der Waals surface area contributed by atoms with Gasteiger partial charge in [-0.15, -0.1) is 0 Å². The summed E-state index contributed by atoms with van der Waals surface area (Å²) in [6.07, 6.45) is 1.71. The van der Waals surface area contributed by atoms with Crippen molar-refractivity contribution in [1.82, 2.24) is 4.98 Å². The van der Waals surface area contributed by atoms with E-state index >= 15 is 0 Å². The summed E-state index contributed by atoms with van der Waals surface area (Å²) in [5, 5.41) is 0.297.